The average molecular weight is 309 g/mol. The summed E-state index contributed by atoms with van der Waals surface area (Å²) in [6.07, 6.45) is 2.76. The summed E-state index contributed by atoms with van der Waals surface area (Å²) in [4.78, 5) is 2.54. The Labute approximate surface area is 134 Å². The second-order valence-corrected chi connectivity index (χ2v) is 8.00. The SMILES string of the molecule is CC(C)N(CC1CC1)c1ccc(Cl)cc1CNC(C)(C)C. The van der Waals surface area contributed by atoms with Gasteiger partial charge in [-0.15, -0.1) is 0 Å². The molecule has 1 aliphatic rings. The lowest BCUT2D eigenvalue weighted by Gasteiger charge is -2.32. The standard InChI is InChI=1S/C18H29ClN2/c1-13(2)21(12-14-6-7-14)17-9-8-16(19)10-15(17)11-20-18(3,4)5/h8-10,13-14,20H,6-7,11-12H2,1-5H3. The van der Waals surface area contributed by atoms with Gasteiger partial charge in [0.1, 0.15) is 0 Å². The van der Waals surface area contributed by atoms with Crippen molar-refractivity contribution in [3.05, 3.63) is 28.8 Å². The third-order valence-corrected chi connectivity index (χ3v) is 4.17. The van der Waals surface area contributed by atoms with Crippen LogP contribution in [-0.2, 0) is 6.54 Å². The van der Waals surface area contributed by atoms with Gasteiger partial charge in [0.15, 0.2) is 0 Å². The zero-order valence-corrected chi connectivity index (χ0v) is 14.8. The Balaban J connectivity index is 2.22. The average Bonchev–Trinajstić information content (AvgIpc) is 3.17. The number of nitrogens with one attached hydrogen (secondary N) is 1. The van der Waals surface area contributed by atoms with Crippen LogP contribution in [0.2, 0.25) is 5.02 Å². The summed E-state index contributed by atoms with van der Waals surface area (Å²) < 4.78 is 0. The monoisotopic (exact) mass is 308 g/mol. The van der Waals surface area contributed by atoms with Gasteiger partial charge in [-0.2, -0.15) is 0 Å². The van der Waals surface area contributed by atoms with Gasteiger partial charge in [-0.1, -0.05) is 11.6 Å². The summed E-state index contributed by atoms with van der Waals surface area (Å²) in [5.41, 5.74) is 2.74. The van der Waals surface area contributed by atoms with Crippen molar-refractivity contribution in [1.82, 2.24) is 5.32 Å². The molecule has 3 heteroatoms. The van der Waals surface area contributed by atoms with E-state index >= 15 is 0 Å². The zero-order valence-electron chi connectivity index (χ0n) is 14.0. The molecule has 0 amide bonds. The lowest BCUT2D eigenvalue weighted by atomic mass is 10.1. The summed E-state index contributed by atoms with van der Waals surface area (Å²) in [7, 11) is 0. The van der Waals surface area contributed by atoms with Crippen molar-refractivity contribution in [2.75, 3.05) is 11.4 Å². The number of nitrogens with zero attached hydrogens (tertiary/aromatic N) is 1. The van der Waals surface area contributed by atoms with Crippen molar-refractivity contribution in [3.63, 3.8) is 0 Å². The third-order valence-electron chi connectivity index (χ3n) is 3.94. The van der Waals surface area contributed by atoms with Crippen molar-refractivity contribution in [2.45, 2.75) is 65.6 Å². The maximum Gasteiger partial charge on any atom is 0.0415 e. The van der Waals surface area contributed by atoms with E-state index in [1.807, 2.05) is 6.07 Å². The first-order valence-electron chi connectivity index (χ1n) is 8.06. The Bertz CT molecular complexity index is 473. The Hall–Kier alpha value is -0.730. The van der Waals surface area contributed by atoms with E-state index in [1.54, 1.807) is 0 Å². The lowest BCUT2D eigenvalue weighted by molar-refractivity contribution is 0.424. The predicted molar refractivity (Wildman–Crippen MR) is 93.3 cm³/mol. The molecule has 0 bridgehead atoms. The van der Waals surface area contributed by atoms with Gasteiger partial charge in [0.05, 0.1) is 0 Å². The second kappa shape index (κ2) is 6.58. The van der Waals surface area contributed by atoms with E-state index in [-0.39, 0.29) is 5.54 Å². The molecule has 0 unspecified atom stereocenters. The van der Waals surface area contributed by atoms with E-state index in [0.717, 1.165) is 17.5 Å². The molecule has 0 saturated heterocycles. The fraction of sp³-hybridized carbons (Fsp3) is 0.667. The van der Waals surface area contributed by atoms with E-state index in [1.165, 1.54) is 30.6 Å². The van der Waals surface area contributed by atoms with Gasteiger partial charge in [0.2, 0.25) is 0 Å². The number of rotatable bonds is 6. The molecule has 0 heterocycles. The van der Waals surface area contributed by atoms with Gasteiger partial charge in [-0.25, -0.2) is 0 Å². The highest BCUT2D eigenvalue weighted by molar-refractivity contribution is 6.30. The molecule has 2 rings (SSSR count). The Morgan fingerprint density at radius 3 is 2.48 bits per heavy atom. The maximum absolute atomic E-state index is 6.22. The van der Waals surface area contributed by atoms with Crippen LogP contribution in [0.1, 0.15) is 53.0 Å². The molecule has 1 aromatic carbocycles. The lowest BCUT2D eigenvalue weighted by Crippen LogP contribution is -2.37. The Morgan fingerprint density at radius 2 is 1.95 bits per heavy atom. The van der Waals surface area contributed by atoms with Gasteiger partial charge in [-0.3, -0.25) is 0 Å². The van der Waals surface area contributed by atoms with E-state index in [9.17, 15) is 0 Å². The van der Waals surface area contributed by atoms with Crippen molar-refractivity contribution in [3.8, 4) is 0 Å². The summed E-state index contributed by atoms with van der Waals surface area (Å²) in [6.45, 7) is 13.2. The fourth-order valence-corrected chi connectivity index (χ4v) is 2.70. The summed E-state index contributed by atoms with van der Waals surface area (Å²) in [6, 6.07) is 6.82. The van der Waals surface area contributed by atoms with Crippen LogP contribution < -0.4 is 10.2 Å². The Kier molecular flexibility index (Phi) is 5.21. The molecule has 1 fully saturated rings. The van der Waals surface area contributed by atoms with Crippen LogP contribution in [-0.4, -0.2) is 18.1 Å². The molecule has 0 spiro atoms. The number of hydrogen-bond acceptors (Lipinski definition) is 2. The molecule has 21 heavy (non-hydrogen) atoms. The zero-order chi connectivity index (χ0) is 15.6. The molecule has 0 radical (unpaired) electrons. The van der Waals surface area contributed by atoms with Crippen LogP contribution in [0, 0.1) is 5.92 Å². The topological polar surface area (TPSA) is 15.3 Å². The van der Waals surface area contributed by atoms with E-state index < -0.39 is 0 Å². The molecule has 1 aliphatic carbocycles. The molecular formula is C18H29ClN2. The molecule has 2 nitrogen and oxygen atoms in total. The highest BCUT2D eigenvalue weighted by Crippen LogP contribution is 2.34. The molecule has 1 aromatic rings. The molecule has 0 aromatic heterocycles. The van der Waals surface area contributed by atoms with Crippen molar-refractivity contribution in [1.29, 1.82) is 0 Å². The van der Waals surface area contributed by atoms with E-state index in [4.69, 9.17) is 11.6 Å². The minimum Gasteiger partial charge on any atom is -0.369 e. The minimum atomic E-state index is 0.110. The van der Waals surface area contributed by atoms with Gasteiger partial charge < -0.3 is 10.2 Å². The van der Waals surface area contributed by atoms with Crippen molar-refractivity contribution in [2.24, 2.45) is 5.92 Å². The Morgan fingerprint density at radius 1 is 1.29 bits per heavy atom. The van der Waals surface area contributed by atoms with Crippen LogP contribution in [0.15, 0.2) is 18.2 Å². The van der Waals surface area contributed by atoms with Crippen LogP contribution in [0.5, 0.6) is 0 Å². The fourth-order valence-electron chi connectivity index (χ4n) is 2.50. The van der Waals surface area contributed by atoms with E-state index in [0.29, 0.717) is 6.04 Å². The second-order valence-electron chi connectivity index (χ2n) is 7.57. The number of halogens is 1. The van der Waals surface area contributed by atoms with Gasteiger partial charge >= 0.3 is 0 Å². The first-order valence-corrected chi connectivity index (χ1v) is 8.44. The maximum atomic E-state index is 6.22. The smallest absolute Gasteiger partial charge is 0.0415 e. The number of anilines is 1. The van der Waals surface area contributed by atoms with Crippen LogP contribution >= 0.6 is 11.6 Å². The molecule has 0 aliphatic heterocycles. The number of benzene rings is 1. The third kappa shape index (κ3) is 5.19. The molecule has 1 saturated carbocycles. The molecule has 1 N–H and O–H groups in total. The minimum absolute atomic E-state index is 0.110. The summed E-state index contributed by atoms with van der Waals surface area (Å²) in [5.74, 6) is 0.881. The summed E-state index contributed by atoms with van der Waals surface area (Å²) >= 11 is 6.22. The van der Waals surface area contributed by atoms with E-state index in [2.05, 4.69) is 57.0 Å². The van der Waals surface area contributed by atoms with Gasteiger partial charge in [0, 0.05) is 35.4 Å². The molecule has 118 valence electrons. The predicted octanol–water partition coefficient (Wildman–Crippen LogP) is 4.85. The van der Waals surface area contributed by atoms with Crippen LogP contribution in [0.4, 0.5) is 5.69 Å². The molecular weight excluding hydrogens is 280 g/mol. The highest BCUT2D eigenvalue weighted by atomic mass is 35.5. The first kappa shape index (κ1) is 16.6. The van der Waals surface area contributed by atoms with Gasteiger partial charge in [0.25, 0.3) is 0 Å². The van der Waals surface area contributed by atoms with Crippen LogP contribution in [0.25, 0.3) is 0 Å². The molecule has 0 atom stereocenters. The quantitative estimate of drug-likeness (QED) is 0.808. The summed E-state index contributed by atoms with van der Waals surface area (Å²) in [5, 5.41) is 4.40. The van der Waals surface area contributed by atoms with Crippen molar-refractivity contribution < 1.29 is 0 Å². The largest absolute Gasteiger partial charge is 0.369 e. The van der Waals surface area contributed by atoms with Crippen molar-refractivity contribution >= 4 is 17.3 Å². The van der Waals surface area contributed by atoms with Gasteiger partial charge in [-0.05, 0) is 77.1 Å². The normalized spacial score (nSPS) is 15.6. The first-order chi connectivity index (χ1) is 9.76. The highest BCUT2D eigenvalue weighted by Gasteiger charge is 2.26. The van der Waals surface area contributed by atoms with Crippen LogP contribution in [0.3, 0.4) is 0 Å². The number of hydrogen-bond donors (Lipinski definition) is 1.